The number of rotatable bonds is 5. The summed E-state index contributed by atoms with van der Waals surface area (Å²) in [6.07, 6.45) is 4.05. The van der Waals surface area contributed by atoms with Gasteiger partial charge in [-0.1, -0.05) is 48.9 Å². The number of alkyl halides is 1. The summed E-state index contributed by atoms with van der Waals surface area (Å²) < 4.78 is 5.54. The molecule has 0 aliphatic carbocycles. The molecule has 0 saturated heterocycles. The minimum Gasteiger partial charge on any atom is -0.377 e. The maximum absolute atomic E-state index is 5.54. The third kappa shape index (κ3) is 6.28. The quantitative estimate of drug-likeness (QED) is 0.410. The molecule has 2 heteroatoms. The van der Waals surface area contributed by atoms with Crippen LogP contribution in [0.3, 0.4) is 0 Å². The van der Waals surface area contributed by atoms with Gasteiger partial charge in [-0.15, -0.1) is 0 Å². The van der Waals surface area contributed by atoms with E-state index in [1.54, 1.807) is 0 Å². The molecule has 0 aliphatic heterocycles. The Bertz CT molecular complexity index is 147. The van der Waals surface area contributed by atoms with Gasteiger partial charge in [-0.3, -0.25) is 0 Å². The average Bonchev–Trinajstić information content (AvgIpc) is 2.02. The minimum atomic E-state index is 0.319. The van der Waals surface area contributed by atoms with Gasteiger partial charge < -0.3 is 4.74 Å². The van der Waals surface area contributed by atoms with Crippen LogP contribution >= 0.6 is 15.9 Å². The van der Waals surface area contributed by atoms with E-state index < -0.39 is 0 Å². The van der Waals surface area contributed by atoms with E-state index in [2.05, 4.69) is 36.7 Å². The molecule has 1 unspecified atom stereocenters. The molecule has 0 saturated carbocycles. The molecule has 0 amide bonds. The molecule has 1 nitrogen and oxygen atoms in total. The van der Waals surface area contributed by atoms with Crippen LogP contribution in [-0.4, -0.2) is 18.5 Å². The van der Waals surface area contributed by atoms with E-state index in [1.165, 1.54) is 0 Å². The lowest BCUT2D eigenvalue weighted by atomic mass is 9.83. The lowest BCUT2D eigenvalue weighted by Gasteiger charge is -2.28. The Labute approximate surface area is 90.7 Å². The average molecular weight is 249 g/mol. The number of allylic oxidation sites excluding steroid dienone is 1. The Kier molecular flexibility index (Phi) is 6.70. The van der Waals surface area contributed by atoms with E-state index in [0.29, 0.717) is 11.3 Å². The first-order valence-electron chi connectivity index (χ1n) is 4.77. The van der Waals surface area contributed by atoms with Gasteiger partial charge in [-0.25, -0.2) is 0 Å². The van der Waals surface area contributed by atoms with Crippen molar-refractivity contribution in [2.45, 2.75) is 27.7 Å². The maximum Gasteiger partial charge on any atom is 0.0647 e. The zero-order valence-corrected chi connectivity index (χ0v) is 10.7. The molecule has 0 aromatic rings. The number of halogens is 1. The maximum atomic E-state index is 5.54. The molecule has 13 heavy (non-hydrogen) atoms. The summed E-state index contributed by atoms with van der Waals surface area (Å²) in [4.78, 5) is 0. The van der Waals surface area contributed by atoms with Gasteiger partial charge in [-0.05, 0) is 18.3 Å². The van der Waals surface area contributed by atoms with Crippen molar-refractivity contribution in [3.63, 3.8) is 0 Å². The number of hydrogen-bond acceptors (Lipinski definition) is 1. The van der Waals surface area contributed by atoms with Crippen LogP contribution in [0.5, 0.6) is 0 Å². The van der Waals surface area contributed by atoms with Crippen LogP contribution in [0, 0.1) is 11.3 Å². The van der Waals surface area contributed by atoms with E-state index in [4.69, 9.17) is 4.74 Å². The van der Waals surface area contributed by atoms with Crippen LogP contribution in [0.4, 0.5) is 0 Å². The van der Waals surface area contributed by atoms with E-state index >= 15 is 0 Å². The Morgan fingerprint density at radius 2 is 2.00 bits per heavy atom. The first kappa shape index (κ1) is 13.2. The van der Waals surface area contributed by atoms with Crippen LogP contribution in [0.1, 0.15) is 27.7 Å². The molecular formula is C11H21BrO. The summed E-state index contributed by atoms with van der Waals surface area (Å²) in [5.41, 5.74) is 0.319. The lowest BCUT2D eigenvalue weighted by Crippen LogP contribution is -2.26. The molecule has 0 bridgehead atoms. The van der Waals surface area contributed by atoms with Crippen LogP contribution in [0.2, 0.25) is 0 Å². The Hall–Kier alpha value is 0.180. The smallest absolute Gasteiger partial charge is 0.0647 e. The van der Waals surface area contributed by atoms with E-state index in [9.17, 15) is 0 Å². The largest absolute Gasteiger partial charge is 0.377 e. The standard InChI is InChI=1S/C11H21BrO/c1-5-6-7-13-9-10(8-12)11(2,3)4/h5-6,10H,7-9H2,1-4H3. The highest BCUT2D eigenvalue weighted by Crippen LogP contribution is 2.27. The van der Waals surface area contributed by atoms with Crippen molar-refractivity contribution in [2.24, 2.45) is 11.3 Å². The molecule has 0 fully saturated rings. The van der Waals surface area contributed by atoms with Crippen LogP contribution in [0.15, 0.2) is 12.2 Å². The predicted octanol–water partition coefficient (Wildman–Crippen LogP) is 3.64. The molecular weight excluding hydrogens is 228 g/mol. The van der Waals surface area contributed by atoms with Crippen molar-refractivity contribution in [1.82, 2.24) is 0 Å². The summed E-state index contributed by atoms with van der Waals surface area (Å²) >= 11 is 3.52. The summed E-state index contributed by atoms with van der Waals surface area (Å²) in [5, 5.41) is 1.01. The van der Waals surface area contributed by atoms with Crippen molar-refractivity contribution in [1.29, 1.82) is 0 Å². The van der Waals surface area contributed by atoms with E-state index in [0.717, 1.165) is 18.5 Å². The zero-order valence-electron chi connectivity index (χ0n) is 9.14. The molecule has 0 aromatic heterocycles. The van der Waals surface area contributed by atoms with Gasteiger partial charge in [0.1, 0.15) is 0 Å². The molecule has 1 atom stereocenters. The monoisotopic (exact) mass is 248 g/mol. The second kappa shape index (κ2) is 6.61. The van der Waals surface area contributed by atoms with Crippen molar-refractivity contribution in [3.05, 3.63) is 12.2 Å². The van der Waals surface area contributed by atoms with Crippen LogP contribution in [0.25, 0.3) is 0 Å². The zero-order chi connectivity index (χ0) is 10.3. The molecule has 0 rings (SSSR count). The van der Waals surface area contributed by atoms with E-state index in [1.807, 2.05) is 19.1 Å². The molecule has 0 radical (unpaired) electrons. The fourth-order valence-corrected chi connectivity index (χ4v) is 2.06. The molecule has 0 heterocycles. The van der Waals surface area contributed by atoms with Gasteiger partial charge >= 0.3 is 0 Å². The number of ether oxygens (including phenoxy) is 1. The van der Waals surface area contributed by atoms with Gasteiger partial charge in [-0.2, -0.15) is 0 Å². The second-order valence-electron chi connectivity index (χ2n) is 4.32. The highest BCUT2D eigenvalue weighted by atomic mass is 79.9. The van der Waals surface area contributed by atoms with Crippen molar-refractivity contribution in [3.8, 4) is 0 Å². The first-order valence-corrected chi connectivity index (χ1v) is 5.89. The van der Waals surface area contributed by atoms with Gasteiger partial charge in [0.05, 0.1) is 13.2 Å². The Morgan fingerprint density at radius 3 is 2.38 bits per heavy atom. The third-order valence-electron chi connectivity index (χ3n) is 2.18. The van der Waals surface area contributed by atoms with Gasteiger partial charge in [0, 0.05) is 5.33 Å². The number of hydrogen-bond donors (Lipinski definition) is 0. The van der Waals surface area contributed by atoms with Gasteiger partial charge in [0.25, 0.3) is 0 Å². The Morgan fingerprint density at radius 1 is 1.38 bits per heavy atom. The fourth-order valence-electron chi connectivity index (χ4n) is 0.901. The van der Waals surface area contributed by atoms with Gasteiger partial charge in [0.15, 0.2) is 0 Å². The lowest BCUT2D eigenvalue weighted by molar-refractivity contribution is 0.0837. The Balaban J connectivity index is 3.73. The van der Waals surface area contributed by atoms with Crippen molar-refractivity contribution in [2.75, 3.05) is 18.5 Å². The summed E-state index contributed by atoms with van der Waals surface area (Å²) in [6, 6.07) is 0. The minimum absolute atomic E-state index is 0.319. The highest BCUT2D eigenvalue weighted by Gasteiger charge is 2.23. The topological polar surface area (TPSA) is 9.23 Å². The molecule has 0 aromatic carbocycles. The molecule has 0 spiro atoms. The van der Waals surface area contributed by atoms with Crippen molar-refractivity contribution < 1.29 is 4.74 Å². The van der Waals surface area contributed by atoms with E-state index in [-0.39, 0.29) is 0 Å². The second-order valence-corrected chi connectivity index (χ2v) is 4.97. The predicted molar refractivity (Wildman–Crippen MR) is 62.4 cm³/mol. The van der Waals surface area contributed by atoms with Gasteiger partial charge in [0.2, 0.25) is 0 Å². The fraction of sp³-hybridized carbons (Fsp3) is 0.818. The van der Waals surface area contributed by atoms with Crippen LogP contribution < -0.4 is 0 Å². The molecule has 0 aliphatic rings. The summed E-state index contributed by atoms with van der Waals surface area (Å²) in [5.74, 6) is 0.581. The highest BCUT2D eigenvalue weighted by molar-refractivity contribution is 9.09. The first-order chi connectivity index (χ1) is 6.02. The van der Waals surface area contributed by atoms with Crippen molar-refractivity contribution >= 4 is 15.9 Å². The third-order valence-corrected chi connectivity index (χ3v) is 2.96. The summed E-state index contributed by atoms with van der Waals surface area (Å²) in [6.45, 7) is 10.3. The van der Waals surface area contributed by atoms with Crippen LogP contribution in [-0.2, 0) is 4.74 Å². The normalized spacial score (nSPS) is 15.2. The SMILES string of the molecule is CC=CCOCC(CBr)C(C)(C)C. The summed E-state index contributed by atoms with van der Waals surface area (Å²) in [7, 11) is 0. The molecule has 78 valence electrons. The molecule has 0 N–H and O–H groups in total.